The lowest BCUT2D eigenvalue weighted by Crippen LogP contribution is -1.88. The smallest absolute Gasteiger partial charge is 0.328 e. The molecule has 2 rings (SSSR count). The average Bonchev–Trinajstić information content (AvgIpc) is 2.75. The molecule has 0 saturated carbocycles. The van der Waals surface area contributed by atoms with Gasteiger partial charge in [0, 0.05) is 22.3 Å². The molecule has 4 nitrogen and oxygen atoms in total. The molecule has 1 aromatic carbocycles. The number of aliphatic carboxylic acids is 1. The van der Waals surface area contributed by atoms with Gasteiger partial charge in [-0.1, -0.05) is 11.6 Å². The number of carboxylic acids is 1. The number of carboxylic acid groups (broad SMARTS) is 1. The number of halogens is 1. The van der Waals surface area contributed by atoms with Crippen molar-refractivity contribution in [1.82, 2.24) is 0 Å². The van der Waals surface area contributed by atoms with Crippen LogP contribution in [-0.2, 0) is 4.79 Å². The first kappa shape index (κ1) is 12.3. The molecule has 3 N–H and O–H groups in total. The summed E-state index contributed by atoms with van der Waals surface area (Å²) in [5.41, 5.74) is 7.05. The van der Waals surface area contributed by atoms with Crippen molar-refractivity contribution < 1.29 is 14.3 Å². The van der Waals surface area contributed by atoms with Crippen molar-refractivity contribution in [2.45, 2.75) is 0 Å². The highest BCUT2D eigenvalue weighted by molar-refractivity contribution is 6.31. The molecule has 0 spiro atoms. The number of hydrogen-bond acceptors (Lipinski definition) is 3. The number of furan rings is 1. The van der Waals surface area contributed by atoms with Crippen LogP contribution < -0.4 is 5.73 Å². The van der Waals surface area contributed by atoms with E-state index in [1.54, 1.807) is 30.3 Å². The molecule has 0 fully saturated rings. The highest BCUT2D eigenvalue weighted by atomic mass is 35.5. The van der Waals surface area contributed by atoms with Gasteiger partial charge in [0.05, 0.1) is 0 Å². The van der Waals surface area contributed by atoms with Gasteiger partial charge in [0.15, 0.2) is 0 Å². The Balaban J connectivity index is 2.32. The van der Waals surface area contributed by atoms with E-state index in [1.165, 1.54) is 6.08 Å². The molecule has 5 heteroatoms. The van der Waals surface area contributed by atoms with Gasteiger partial charge < -0.3 is 15.3 Å². The maximum Gasteiger partial charge on any atom is 0.328 e. The molecule has 0 radical (unpaired) electrons. The first-order valence-corrected chi connectivity index (χ1v) is 5.50. The molecule has 0 atom stereocenters. The lowest BCUT2D eigenvalue weighted by atomic mass is 10.1. The Hall–Kier alpha value is -2.20. The minimum atomic E-state index is -1.03. The van der Waals surface area contributed by atoms with Crippen LogP contribution >= 0.6 is 11.6 Å². The van der Waals surface area contributed by atoms with E-state index in [1.807, 2.05) is 0 Å². The number of hydrogen-bond donors (Lipinski definition) is 2. The van der Waals surface area contributed by atoms with Crippen LogP contribution in [0.15, 0.2) is 40.8 Å². The molecule has 0 aliphatic heterocycles. The normalized spacial score (nSPS) is 10.9. The van der Waals surface area contributed by atoms with Gasteiger partial charge in [0.2, 0.25) is 0 Å². The van der Waals surface area contributed by atoms with E-state index in [0.29, 0.717) is 22.2 Å². The minimum Gasteiger partial charge on any atom is -0.478 e. The van der Waals surface area contributed by atoms with Crippen molar-refractivity contribution >= 4 is 29.3 Å². The van der Waals surface area contributed by atoms with E-state index in [0.717, 1.165) is 11.6 Å². The predicted octanol–water partition coefficient (Wildman–Crippen LogP) is 3.28. The molecular weight excluding hydrogens is 254 g/mol. The lowest BCUT2D eigenvalue weighted by molar-refractivity contribution is -0.131. The first-order valence-electron chi connectivity index (χ1n) is 5.12. The second-order valence-corrected chi connectivity index (χ2v) is 4.04. The molecule has 0 aliphatic carbocycles. The van der Waals surface area contributed by atoms with Gasteiger partial charge in [-0.25, -0.2) is 4.79 Å². The van der Waals surface area contributed by atoms with E-state index >= 15 is 0 Å². The Morgan fingerprint density at radius 3 is 2.78 bits per heavy atom. The highest BCUT2D eigenvalue weighted by Crippen LogP contribution is 2.30. The number of benzene rings is 1. The van der Waals surface area contributed by atoms with Crippen LogP contribution in [0.25, 0.3) is 17.4 Å². The summed E-state index contributed by atoms with van der Waals surface area (Å²) in [5, 5.41) is 9.06. The topological polar surface area (TPSA) is 76.5 Å². The fourth-order valence-electron chi connectivity index (χ4n) is 1.50. The van der Waals surface area contributed by atoms with Crippen LogP contribution in [-0.4, -0.2) is 11.1 Å². The third-order valence-electron chi connectivity index (χ3n) is 2.30. The summed E-state index contributed by atoms with van der Waals surface area (Å²) >= 11 is 5.81. The number of rotatable bonds is 3. The minimum absolute atomic E-state index is 0.446. The fraction of sp³-hybridized carbons (Fsp3) is 0. The van der Waals surface area contributed by atoms with Crippen LogP contribution in [0.5, 0.6) is 0 Å². The molecule has 0 amide bonds. The standard InChI is InChI=1S/C13H10ClNO3/c14-8-1-4-10(11(15)7-8)12-5-2-9(18-12)3-6-13(16)17/h1-7H,15H2,(H,16,17)/b6-3+. The van der Waals surface area contributed by atoms with Gasteiger partial charge in [-0.2, -0.15) is 0 Å². The number of carbonyl (C=O) groups is 1. The summed E-state index contributed by atoms with van der Waals surface area (Å²) < 4.78 is 5.47. The van der Waals surface area contributed by atoms with Gasteiger partial charge in [-0.3, -0.25) is 0 Å². The maximum absolute atomic E-state index is 10.4. The lowest BCUT2D eigenvalue weighted by Gasteiger charge is -2.02. The van der Waals surface area contributed by atoms with E-state index < -0.39 is 5.97 Å². The molecule has 0 saturated heterocycles. The summed E-state index contributed by atoms with van der Waals surface area (Å²) in [6.07, 6.45) is 2.38. The van der Waals surface area contributed by atoms with Crippen LogP contribution in [0.4, 0.5) is 5.69 Å². The van der Waals surface area contributed by atoms with Gasteiger partial charge >= 0.3 is 5.97 Å². The summed E-state index contributed by atoms with van der Waals surface area (Å²) in [7, 11) is 0. The summed E-state index contributed by atoms with van der Waals surface area (Å²) in [4.78, 5) is 10.4. The van der Waals surface area contributed by atoms with E-state index in [2.05, 4.69) is 0 Å². The van der Waals surface area contributed by atoms with Gasteiger partial charge in [0.1, 0.15) is 11.5 Å². The number of anilines is 1. The van der Waals surface area contributed by atoms with Crippen molar-refractivity contribution in [3.8, 4) is 11.3 Å². The Kier molecular flexibility index (Phi) is 3.39. The molecule has 0 bridgehead atoms. The monoisotopic (exact) mass is 263 g/mol. The van der Waals surface area contributed by atoms with Gasteiger partial charge in [-0.15, -0.1) is 0 Å². The Morgan fingerprint density at radius 1 is 1.33 bits per heavy atom. The fourth-order valence-corrected chi connectivity index (χ4v) is 1.68. The summed E-state index contributed by atoms with van der Waals surface area (Å²) in [6, 6.07) is 8.49. The Labute approximate surface area is 108 Å². The van der Waals surface area contributed by atoms with Crippen molar-refractivity contribution in [3.63, 3.8) is 0 Å². The average molecular weight is 264 g/mol. The van der Waals surface area contributed by atoms with Crippen LogP contribution in [0, 0.1) is 0 Å². The third kappa shape index (κ3) is 2.73. The van der Waals surface area contributed by atoms with Crippen LogP contribution in [0.2, 0.25) is 5.02 Å². The quantitative estimate of drug-likeness (QED) is 0.658. The number of nitrogen functional groups attached to an aromatic ring is 1. The second-order valence-electron chi connectivity index (χ2n) is 3.61. The molecule has 2 aromatic rings. The van der Waals surface area contributed by atoms with Gasteiger partial charge in [0.25, 0.3) is 0 Å². The van der Waals surface area contributed by atoms with E-state index in [9.17, 15) is 4.79 Å². The Bertz CT molecular complexity index is 616. The molecule has 1 heterocycles. The van der Waals surface area contributed by atoms with Crippen molar-refractivity contribution in [1.29, 1.82) is 0 Å². The number of nitrogens with two attached hydrogens (primary N) is 1. The zero-order valence-corrected chi connectivity index (χ0v) is 10.0. The highest BCUT2D eigenvalue weighted by Gasteiger charge is 2.07. The van der Waals surface area contributed by atoms with E-state index in [-0.39, 0.29) is 0 Å². The van der Waals surface area contributed by atoms with Crippen LogP contribution in [0.3, 0.4) is 0 Å². The SMILES string of the molecule is Nc1cc(Cl)ccc1-c1ccc(/C=C/C(=O)O)o1. The van der Waals surface area contributed by atoms with Gasteiger partial charge in [-0.05, 0) is 36.4 Å². The zero-order chi connectivity index (χ0) is 13.1. The van der Waals surface area contributed by atoms with Crippen molar-refractivity contribution in [2.75, 3.05) is 5.73 Å². The Morgan fingerprint density at radius 2 is 2.11 bits per heavy atom. The molecule has 0 unspecified atom stereocenters. The molecule has 0 aliphatic rings. The zero-order valence-electron chi connectivity index (χ0n) is 9.26. The molecule has 92 valence electrons. The largest absolute Gasteiger partial charge is 0.478 e. The van der Waals surface area contributed by atoms with E-state index in [4.69, 9.17) is 26.9 Å². The maximum atomic E-state index is 10.4. The van der Waals surface area contributed by atoms with Crippen molar-refractivity contribution in [2.24, 2.45) is 0 Å². The van der Waals surface area contributed by atoms with Crippen molar-refractivity contribution in [3.05, 3.63) is 47.2 Å². The third-order valence-corrected chi connectivity index (χ3v) is 2.53. The summed E-state index contributed by atoms with van der Waals surface area (Å²) in [6.45, 7) is 0. The molecule has 1 aromatic heterocycles. The predicted molar refractivity (Wildman–Crippen MR) is 70.2 cm³/mol. The second kappa shape index (κ2) is 4.98. The first-order chi connectivity index (χ1) is 8.56. The molecule has 18 heavy (non-hydrogen) atoms. The van der Waals surface area contributed by atoms with Crippen LogP contribution in [0.1, 0.15) is 5.76 Å². The molecular formula is C13H10ClNO3. The summed E-state index contributed by atoms with van der Waals surface area (Å²) in [5.74, 6) is -0.0186.